The van der Waals surface area contributed by atoms with Gasteiger partial charge in [0.2, 0.25) is 0 Å². The summed E-state index contributed by atoms with van der Waals surface area (Å²) in [7, 11) is 0. The fourth-order valence-electron chi connectivity index (χ4n) is 3.87. The van der Waals surface area contributed by atoms with Crippen molar-refractivity contribution in [1.29, 1.82) is 0 Å². The summed E-state index contributed by atoms with van der Waals surface area (Å²) in [6, 6.07) is 20.0. The lowest BCUT2D eigenvalue weighted by Gasteiger charge is -2.32. The number of hydrogen-bond acceptors (Lipinski definition) is 2. The number of aliphatic carboxylic acids is 1. The molecule has 2 aromatic rings. The molecule has 0 aromatic heterocycles. The molecule has 1 unspecified atom stereocenters. The third-order valence-corrected chi connectivity index (χ3v) is 5.47. The van der Waals surface area contributed by atoms with Gasteiger partial charge >= 0.3 is 5.97 Å². The number of carboxylic acid groups (broad SMARTS) is 1. The molecule has 3 rings (SSSR count). The van der Waals surface area contributed by atoms with E-state index in [4.69, 9.17) is 0 Å². The van der Waals surface area contributed by atoms with Crippen molar-refractivity contribution in [2.45, 2.75) is 37.5 Å². The van der Waals surface area contributed by atoms with Gasteiger partial charge in [0.25, 0.3) is 0 Å². The first-order chi connectivity index (χ1) is 12.2. The number of aryl methyl sites for hydroxylation is 1. The summed E-state index contributed by atoms with van der Waals surface area (Å²) >= 11 is 0. The highest BCUT2D eigenvalue weighted by molar-refractivity contribution is 5.81. The molecule has 0 aliphatic carbocycles. The van der Waals surface area contributed by atoms with Gasteiger partial charge in [-0.1, -0.05) is 60.7 Å². The van der Waals surface area contributed by atoms with Crippen LogP contribution in [0.25, 0.3) is 0 Å². The summed E-state index contributed by atoms with van der Waals surface area (Å²) in [6.45, 7) is 3.06. The van der Waals surface area contributed by atoms with Crippen molar-refractivity contribution < 1.29 is 9.90 Å². The molecular formula is C22H27NO2. The van der Waals surface area contributed by atoms with Crippen LogP contribution in [0.1, 0.15) is 36.8 Å². The second-order valence-corrected chi connectivity index (χ2v) is 7.04. The Morgan fingerprint density at radius 3 is 2.12 bits per heavy atom. The molecule has 0 bridgehead atoms. The van der Waals surface area contributed by atoms with Gasteiger partial charge in [0.1, 0.15) is 0 Å². The number of benzene rings is 2. The van der Waals surface area contributed by atoms with E-state index in [9.17, 15) is 9.90 Å². The van der Waals surface area contributed by atoms with Crippen LogP contribution in [0.3, 0.4) is 0 Å². The lowest BCUT2D eigenvalue weighted by Crippen LogP contribution is -2.40. The van der Waals surface area contributed by atoms with Crippen molar-refractivity contribution in [2.75, 3.05) is 19.6 Å². The molecule has 0 amide bonds. The predicted octanol–water partition coefficient (Wildman–Crippen LogP) is 4.13. The largest absolute Gasteiger partial charge is 0.481 e. The zero-order valence-corrected chi connectivity index (χ0v) is 14.7. The summed E-state index contributed by atoms with van der Waals surface area (Å²) in [4.78, 5) is 14.8. The van der Waals surface area contributed by atoms with Crippen LogP contribution in [-0.2, 0) is 16.6 Å². The molecule has 1 atom stereocenters. The van der Waals surface area contributed by atoms with Gasteiger partial charge in [-0.3, -0.25) is 4.79 Å². The molecule has 0 spiro atoms. The van der Waals surface area contributed by atoms with Gasteiger partial charge in [0.15, 0.2) is 0 Å². The Hall–Kier alpha value is -2.13. The number of rotatable bonds is 8. The number of carboxylic acids is 1. The van der Waals surface area contributed by atoms with Crippen LogP contribution < -0.4 is 0 Å². The second-order valence-electron chi connectivity index (χ2n) is 7.04. The Balaban J connectivity index is 1.83. The topological polar surface area (TPSA) is 40.5 Å². The molecule has 0 saturated carbocycles. The van der Waals surface area contributed by atoms with Crippen LogP contribution in [-0.4, -0.2) is 35.6 Å². The number of hydrogen-bond donors (Lipinski definition) is 1. The van der Waals surface area contributed by atoms with Crippen molar-refractivity contribution in [3.05, 3.63) is 71.8 Å². The van der Waals surface area contributed by atoms with Crippen LogP contribution in [0.15, 0.2) is 60.7 Å². The van der Waals surface area contributed by atoms with Crippen molar-refractivity contribution in [1.82, 2.24) is 4.90 Å². The van der Waals surface area contributed by atoms with E-state index in [1.807, 2.05) is 48.5 Å². The van der Waals surface area contributed by atoms with Crippen LogP contribution in [0, 0.1) is 0 Å². The first-order valence-corrected chi connectivity index (χ1v) is 9.26. The Morgan fingerprint density at radius 1 is 0.920 bits per heavy atom. The molecule has 1 N–H and O–H groups in total. The highest BCUT2D eigenvalue weighted by atomic mass is 16.4. The van der Waals surface area contributed by atoms with Crippen molar-refractivity contribution in [3.63, 3.8) is 0 Å². The quantitative estimate of drug-likeness (QED) is 0.787. The minimum absolute atomic E-state index is 0.629. The second kappa shape index (κ2) is 8.30. The third kappa shape index (κ3) is 4.29. The molecule has 1 aliphatic heterocycles. The van der Waals surface area contributed by atoms with Crippen molar-refractivity contribution >= 4 is 5.97 Å². The minimum atomic E-state index is -0.820. The molecule has 1 fully saturated rings. The van der Waals surface area contributed by atoms with Crippen LogP contribution in [0.4, 0.5) is 0 Å². The zero-order chi connectivity index (χ0) is 17.5. The van der Waals surface area contributed by atoms with E-state index in [1.165, 1.54) is 18.4 Å². The number of carbonyl (C=O) groups is 1. The summed E-state index contributed by atoms with van der Waals surface area (Å²) in [5, 5.41) is 10.2. The average molecular weight is 337 g/mol. The predicted molar refractivity (Wildman–Crippen MR) is 101 cm³/mol. The minimum Gasteiger partial charge on any atom is -0.481 e. The van der Waals surface area contributed by atoms with E-state index >= 15 is 0 Å². The summed E-state index contributed by atoms with van der Waals surface area (Å²) in [6.07, 6.45) is 4.54. The molecule has 0 radical (unpaired) electrons. The van der Waals surface area contributed by atoms with Gasteiger partial charge < -0.3 is 10.0 Å². The van der Waals surface area contributed by atoms with E-state index < -0.39 is 11.4 Å². The van der Waals surface area contributed by atoms with Crippen molar-refractivity contribution in [3.8, 4) is 0 Å². The smallest absolute Gasteiger partial charge is 0.314 e. The van der Waals surface area contributed by atoms with Crippen LogP contribution in [0.2, 0.25) is 0 Å². The van der Waals surface area contributed by atoms with Gasteiger partial charge in [-0.2, -0.15) is 0 Å². The van der Waals surface area contributed by atoms with Gasteiger partial charge in [-0.15, -0.1) is 0 Å². The molecule has 132 valence electrons. The highest BCUT2D eigenvalue weighted by Gasteiger charge is 2.40. The van der Waals surface area contributed by atoms with E-state index in [1.54, 1.807) is 0 Å². The maximum absolute atomic E-state index is 12.4. The Morgan fingerprint density at radius 2 is 1.52 bits per heavy atom. The normalized spacial score (nSPS) is 17.3. The molecular weight excluding hydrogens is 310 g/mol. The van der Waals surface area contributed by atoms with E-state index in [0.29, 0.717) is 12.8 Å². The van der Waals surface area contributed by atoms with E-state index in [2.05, 4.69) is 17.0 Å². The summed E-state index contributed by atoms with van der Waals surface area (Å²) < 4.78 is 0. The molecule has 1 saturated heterocycles. The van der Waals surface area contributed by atoms with E-state index in [-0.39, 0.29) is 0 Å². The maximum atomic E-state index is 12.4. The van der Waals surface area contributed by atoms with Crippen LogP contribution >= 0.6 is 0 Å². The maximum Gasteiger partial charge on any atom is 0.314 e. The van der Waals surface area contributed by atoms with E-state index in [0.717, 1.165) is 31.6 Å². The van der Waals surface area contributed by atoms with Gasteiger partial charge in [-0.25, -0.2) is 0 Å². The van der Waals surface area contributed by atoms with Crippen molar-refractivity contribution in [2.24, 2.45) is 0 Å². The Bertz CT molecular complexity index is 665. The van der Waals surface area contributed by atoms with Gasteiger partial charge in [0, 0.05) is 0 Å². The molecule has 25 heavy (non-hydrogen) atoms. The Labute approximate surface area is 150 Å². The van der Waals surface area contributed by atoms with Gasteiger partial charge in [0.05, 0.1) is 5.41 Å². The molecule has 3 nitrogen and oxygen atoms in total. The zero-order valence-electron chi connectivity index (χ0n) is 14.7. The standard InChI is InChI=1S/C22H27NO2/c24-21(25)22(20-11-5-2-6-12-20,15-18-23-16-7-8-17-23)14-13-19-9-3-1-4-10-19/h1-6,9-12H,7-8,13-18H2,(H,24,25). The monoisotopic (exact) mass is 337 g/mol. The van der Waals surface area contributed by atoms with Crippen LogP contribution in [0.5, 0.6) is 0 Å². The Kier molecular flexibility index (Phi) is 5.87. The number of nitrogens with zero attached hydrogens (tertiary/aromatic N) is 1. The fourth-order valence-corrected chi connectivity index (χ4v) is 3.87. The average Bonchev–Trinajstić information content (AvgIpc) is 3.17. The SMILES string of the molecule is O=C(O)C(CCc1ccccc1)(CCN1CCCC1)c1ccccc1. The first kappa shape index (κ1) is 17.7. The summed E-state index contributed by atoms with van der Waals surface area (Å²) in [5.41, 5.74) is 1.31. The molecule has 3 heteroatoms. The fraction of sp³-hybridized carbons (Fsp3) is 0.409. The lowest BCUT2D eigenvalue weighted by atomic mass is 9.73. The highest BCUT2D eigenvalue weighted by Crippen LogP contribution is 2.34. The number of likely N-dealkylation sites (tertiary alicyclic amines) is 1. The first-order valence-electron chi connectivity index (χ1n) is 9.26. The molecule has 1 heterocycles. The van der Waals surface area contributed by atoms with Gasteiger partial charge in [-0.05, 0) is 62.9 Å². The summed E-state index contributed by atoms with van der Waals surface area (Å²) in [5.74, 6) is -0.700. The molecule has 2 aromatic carbocycles. The molecule has 1 aliphatic rings. The lowest BCUT2D eigenvalue weighted by molar-refractivity contribution is -0.144. The third-order valence-electron chi connectivity index (χ3n) is 5.47.